The first-order valence-electron chi connectivity index (χ1n) is 4.22. The Balaban J connectivity index is 2.69. The second kappa shape index (κ2) is 5.31. The fraction of sp³-hybridized carbons (Fsp3) is 0.300. The summed E-state index contributed by atoms with van der Waals surface area (Å²) in [6, 6.07) is 7.26. The lowest BCUT2D eigenvalue weighted by Gasteiger charge is -2.10. The number of halogens is 1. The first-order chi connectivity index (χ1) is 6.65. The molecule has 0 saturated heterocycles. The molecule has 0 saturated carbocycles. The van der Waals surface area contributed by atoms with Crippen molar-refractivity contribution < 1.29 is 9.53 Å². The maximum Gasteiger partial charge on any atom is 0.322 e. The molecule has 2 N–H and O–H groups in total. The van der Waals surface area contributed by atoms with E-state index < -0.39 is 6.04 Å². The van der Waals surface area contributed by atoms with Gasteiger partial charge < -0.3 is 10.5 Å². The van der Waals surface area contributed by atoms with E-state index in [1.54, 1.807) is 0 Å². The van der Waals surface area contributed by atoms with Crippen LogP contribution in [0.3, 0.4) is 0 Å². The van der Waals surface area contributed by atoms with E-state index in [9.17, 15) is 4.79 Å². The van der Waals surface area contributed by atoms with Crippen molar-refractivity contribution in [1.82, 2.24) is 0 Å². The molecule has 4 heteroatoms. The number of carbonyl (C=O) groups is 1. The summed E-state index contributed by atoms with van der Waals surface area (Å²) < 4.78 is 5.67. The highest BCUT2D eigenvalue weighted by atomic mass is 127. The topological polar surface area (TPSA) is 52.3 Å². The van der Waals surface area contributed by atoms with Gasteiger partial charge in [0, 0.05) is 3.57 Å². The van der Waals surface area contributed by atoms with Gasteiger partial charge in [-0.25, -0.2) is 0 Å². The van der Waals surface area contributed by atoms with Crippen molar-refractivity contribution in [3.63, 3.8) is 0 Å². The molecule has 0 aliphatic rings. The number of ether oxygens (including phenoxy) is 1. The first kappa shape index (κ1) is 11.5. The van der Waals surface area contributed by atoms with Gasteiger partial charge in [-0.2, -0.15) is 0 Å². The minimum atomic E-state index is -0.573. The summed E-state index contributed by atoms with van der Waals surface area (Å²) in [6.45, 7) is 0. The molecule has 1 aromatic rings. The Morgan fingerprint density at radius 1 is 1.57 bits per heavy atom. The second-order valence-corrected chi connectivity index (χ2v) is 4.09. The van der Waals surface area contributed by atoms with Crippen LogP contribution < -0.4 is 5.73 Å². The maximum atomic E-state index is 11.1. The highest BCUT2D eigenvalue weighted by Crippen LogP contribution is 2.13. The number of esters is 1. The van der Waals surface area contributed by atoms with Crippen LogP contribution in [-0.2, 0) is 16.0 Å². The third kappa shape index (κ3) is 2.95. The van der Waals surface area contributed by atoms with Gasteiger partial charge in [0.25, 0.3) is 0 Å². The molecule has 1 atom stereocenters. The molecule has 14 heavy (non-hydrogen) atoms. The molecule has 0 amide bonds. The van der Waals surface area contributed by atoms with Crippen LogP contribution in [0, 0.1) is 3.57 Å². The first-order valence-corrected chi connectivity index (χ1v) is 5.30. The van der Waals surface area contributed by atoms with Crippen LogP contribution in [0.4, 0.5) is 0 Å². The van der Waals surface area contributed by atoms with Gasteiger partial charge in [-0.1, -0.05) is 18.2 Å². The Bertz CT molecular complexity index is 328. The number of benzene rings is 1. The third-order valence-corrected chi connectivity index (χ3v) is 2.95. The summed E-state index contributed by atoms with van der Waals surface area (Å²) in [5, 5.41) is 0. The summed E-state index contributed by atoms with van der Waals surface area (Å²) in [4.78, 5) is 11.1. The highest BCUT2D eigenvalue weighted by molar-refractivity contribution is 14.1. The summed E-state index contributed by atoms with van der Waals surface area (Å²) >= 11 is 2.22. The van der Waals surface area contributed by atoms with Gasteiger partial charge in [-0.3, -0.25) is 4.79 Å². The predicted molar refractivity (Wildman–Crippen MR) is 62.9 cm³/mol. The normalized spacial score (nSPS) is 12.2. The summed E-state index contributed by atoms with van der Waals surface area (Å²) in [5.41, 5.74) is 6.73. The Labute approximate surface area is 96.8 Å². The maximum absolute atomic E-state index is 11.1. The molecular formula is C10H12INO2. The van der Waals surface area contributed by atoms with E-state index in [0.29, 0.717) is 6.42 Å². The Morgan fingerprint density at radius 2 is 2.21 bits per heavy atom. The lowest BCUT2D eigenvalue weighted by molar-refractivity contribution is -0.142. The van der Waals surface area contributed by atoms with E-state index in [0.717, 1.165) is 9.13 Å². The van der Waals surface area contributed by atoms with Gasteiger partial charge in [0.1, 0.15) is 6.04 Å². The average molecular weight is 305 g/mol. The van der Waals surface area contributed by atoms with Crippen molar-refractivity contribution in [2.24, 2.45) is 5.73 Å². The van der Waals surface area contributed by atoms with Crippen LogP contribution in [0.2, 0.25) is 0 Å². The van der Waals surface area contributed by atoms with Crippen molar-refractivity contribution in [3.05, 3.63) is 33.4 Å². The molecule has 0 aromatic heterocycles. The number of rotatable bonds is 3. The molecule has 1 aromatic carbocycles. The number of methoxy groups -OCH3 is 1. The van der Waals surface area contributed by atoms with Gasteiger partial charge in [0.2, 0.25) is 0 Å². The lowest BCUT2D eigenvalue weighted by Crippen LogP contribution is -2.33. The zero-order valence-electron chi connectivity index (χ0n) is 7.87. The number of hydrogen-bond acceptors (Lipinski definition) is 3. The predicted octanol–water partition coefficient (Wildman–Crippen LogP) is 1.33. The van der Waals surface area contributed by atoms with E-state index in [-0.39, 0.29) is 5.97 Å². The van der Waals surface area contributed by atoms with Crippen LogP contribution in [0.1, 0.15) is 5.56 Å². The molecule has 76 valence electrons. The van der Waals surface area contributed by atoms with E-state index in [4.69, 9.17) is 5.73 Å². The zero-order valence-corrected chi connectivity index (χ0v) is 10.0. The molecule has 0 aliphatic heterocycles. The molecule has 0 bridgehead atoms. The molecule has 3 nitrogen and oxygen atoms in total. The van der Waals surface area contributed by atoms with E-state index in [1.165, 1.54) is 7.11 Å². The standard InChI is InChI=1S/C10H12INO2/c1-14-10(13)9(12)6-7-4-2-3-5-8(7)11/h2-5,9H,6,12H2,1H3/t9-/m1/s1. The quantitative estimate of drug-likeness (QED) is 0.677. The van der Waals surface area contributed by atoms with Crippen LogP contribution in [-0.4, -0.2) is 19.1 Å². The van der Waals surface area contributed by atoms with E-state index in [1.807, 2.05) is 24.3 Å². The van der Waals surface area contributed by atoms with Crippen molar-refractivity contribution in [3.8, 4) is 0 Å². The largest absolute Gasteiger partial charge is 0.468 e. The van der Waals surface area contributed by atoms with Gasteiger partial charge in [0.05, 0.1) is 7.11 Å². The van der Waals surface area contributed by atoms with Gasteiger partial charge >= 0.3 is 5.97 Å². The molecule has 0 spiro atoms. The molecule has 0 heterocycles. The average Bonchev–Trinajstić information content (AvgIpc) is 2.20. The van der Waals surface area contributed by atoms with Gasteiger partial charge in [-0.15, -0.1) is 0 Å². The van der Waals surface area contributed by atoms with Crippen molar-refractivity contribution in [2.45, 2.75) is 12.5 Å². The lowest BCUT2D eigenvalue weighted by atomic mass is 10.1. The van der Waals surface area contributed by atoms with Crippen LogP contribution in [0.15, 0.2) is 24.3 Å². The summed E-state index contributed by atoms with van der Waals surface area (Å²) in [7, 11) is 1.35. The van der Waals surface area contributed by atoms with Gasteiger partial charge in [-0.05, 0) is 40.6 Å². The molecule has 0 fully saturated rings. The molecule has 0 unspecified atom stereocenters. The number of carbonyl (C=O) groups excluding carboxylic acids is 1. The second-order valence-electron chi connectivity index (χ2n) is 2.93. The monoisotopic (exact) mass is 305 g/mol. The Morgan fingerprint density at radius 3 is 2.79 bits per heavy atom. The third-order valence-electron chi connectivity index (χ3n) is 1.90. The molecular weight excluding hydrogens is 293 g/mol. The highest BCUT2D eigenvalue weighted by Gasteiger charge is 2.14. The van der Waals surface area contributed by atoms with Crippen molar-refractivity contribution in [2.75, 3.05) is 7.11 Å². The molecule has 1 rings (SSSR count). The number of nitrogens with two attached hydrogens (primary N) is 1. The van der Waals surface area contributed by atoms with Crippen molar-refractivity contribution >= 4 is 28.6 Å². The van der Waals surface area contributed by atoms with Crippen LogP contribution in [0.5, 0.6) is 0 Å². The minimum absolute atomic E-state index is 0.371. The molecule has 0 aliphatic carbocycles. The SMILES string of the molecule is COC(=O)[C@H](N)Cc1ccccc1I. The van der Waals surface area contributed by atoms with Crippen molar-refractivity contribution in [1.29, 1.82) is 0 Å². The fourth-order valence-electron chi connectivity index (χ4n) is 1.14. The smallest absolute Gasteiger partial charge is 0.322 e. The van der Waals surface area contributed by atoms with Crippen LogP contribution >= 0.6 is 22.6 Å². The van der Waals surface area contributed by atoms with E-state index >= 15 is 0 Å². The molecule has 0 radical (unpaired) electrons. The fourth-order valence-corrected chi connectivity index (χ4v) is 1.74. The van der Waals surface area contributed by atoms with Crippen LogP contribution in [0.25, 0.3) is 0 Å². The summed E-state index contributed by atoms with van der Waals surface area (Å²) in [5.74, 6) is -0.371. The Kier molecular flexibility index (Phi) is 4.34. The minimum Gasteiger partial charge on any atom is -0.468 e. The van der Waals surface area contributed by atoms with Gasteiger partial charge in [0.15, 0.2) is 0 Å². The zero-order chi connectivity index (χ0) is 10.6. The van der Waals surface area contributed by atoms with E-state index in [2.05, 4.69) is 27.3 Å². The Hall–Kier alpha value is -0.620. The summed E-state index contributed by atoms with van der Waals surface area (Å²) in [6.07, 6.45) is 0.520. The number of hydrogen-bond donors (Lipinski definition) is 1.